The van der Waals surface area contributed by atoms with Crippen molar-refractivity contribution in [3.63, 3.8) is 0 Å². The SMILES string of the molecule is Cc1cc(C(=O)Nc2nc3c(s2)COc2ccccc2-3)n(C(C)C)n1. The largest absolute Gasteiger partial charge is 0.487 e. The number of ether oxygens (including phenoxy) is 1. The van der Waals surface area contributed by atoms with Crippen molar-refractivity contribution in [1.29, 1.82) is 0 Å². The lowest BCUT2D eigenvalue weighted by Crippen LogP contribution is -2.18. The molecule has 1 aromatic carbocycles. The maximum atomic E-state index is 12.7. The van der Waals surface area contributed by atoms with Gasteiger partial charge in [-0.15, -0.1) is 0 Å². The number of para-hydroxylation sites is 1. The van der Waals surface area contributed by atoms with Crippen molar-refractivity contribution in [1.82, 2.24) is 14.8 Å². The Morgan fingerprint density at radius 3 is 2.96 bits per heavy atom. The normalized spacial score (nSPS) is 12.5. The predicted octanol–water partition coefficient (Wildman–Crippen LogP) is 4.04. The number of aromatic nitrogens is 3. The van der Waals surface area contributed by atoms with Crippen LogP contribution < -0.4 is 10.1 Å². The van der Waals surface area contributed by atoms with Gasteiger partial charge in [0.15, 0.2) is 5.13 Å². The molecule has 3 aromatic rings. The fraction of sp³-hybridized carbons (Fsp3) is 0.278. The quantitative estimate of drug-likeness (QED) is 0.771. The Labute approximate surface area is 149 Å². The van der Waals surface area contributed by atoms with E-state index in [9.17, 15) is 4.79 Å². The number of thiazole rings is 1. The molecule has 2 aromatic heterocycles. The average molecular weight is 354 g/mol. The molecule has 0 spiro atoms. The smallest absolute Gasteiger partial charge is 0.275 e. The molecule has 1 amide bonds. The number of fused-ring (bicyclic) bond motifs is 3. The monoisotopic (exact) mass is 354 g/mol. The van der Waals surface area contributed by atoms with E-state index in [0.29, 0.717) is 17.4 Å². The lowest BCUT2D eigenvalue weighted by Gasteiger charge is -2.15. The summed E-state index contributed by atoms with van der Waals surface area (Å²) in [5, 5.41) is 7.87. The van der Waals surface area contributed by atoms with Gasteiger partial charge in [-0.1, -0.05) is 23.5 Å². The van der Waals surface area contributed by atoms with E-state index in [1.807, 2.05) is 45.0 Å². The Bertz CT molecular complexity index is 958. The van der Waals surface area contributed by atoms with Crippen LogP contribution >= 0.6 is 11.3 Å². The molecule has 1 aliphatic rings. The summed E-state index contributed by atoms with van der Waals surface area (Å²) in [6, 6.07) is 9.71. The number of benzene rings is 1. The van der Waals surface area contributed by atoms with Gasteiger partial charge in [-0.05, 0) is 39.0 Å². The second kappa shape index (κ2) is 6.00. The summed E-state index contributed by atoms with van der Waals surface area (Å²) in [5.74, 6) is 0.626. The summed E-state index contributed by atoms with van der Waals surface area (Å²) in [4.78, 5) is 18.3. The van der Waals surface area contributed by atoms with Crippen molar-refractivity contribution >= 4 is 22.4 Å². The number of amides is 1. The van der Waals surface area contributed by atoms with Gasteiger partial charge in [-0.2, -0.15) is 5.10 Å². The van der Waals surface area contributed by atoms with Gasteiger partial charge < -0.3 is 4.74 Å². The zero-order valence-electron chi connectivity index (χ0n) is 14.2. The van der Waals surface area contributed by atoms with Gasteiger partial charge in [-0.3, -0.25) is 14.8 Å². The highest BCUT2D eigenvalue weighted by Gasteiger charge is 2.23. The fourth-order valence-corrected chi connectivity index (χ4v) is 3.77. The van der Waals surface area contributed by atoms with Crippen LogP contribution in [0.3, 0.4) is 0 Å². The topological polar surface area (TPSA) is 69.0 Å². The summed E-state index contributed by atoms with van der Waals surface area (Å²) >= 11 is 1.45. The van der Waals surface area contributed by atoms with E-state index >= 15 is 0 Å². The summed E-state index contributed by atoms with van der Waals surface area (Å²) in [5.41, 5.74) is 3.20. The number of anilines is 1. The predicted molar refractivity (Wildman–Crippen MR) is 97.2 cm³/mol. The molecule has 4 rings (SSSR count). The zero-order valence-corrected chi connectivity index (χ0v) is 15.1. The number of hydrogen-bond acceptors (Lipinski definition) is 5. The van der Waals surface area contributed by atoms with Crippen molar-refractivity contribution in [2.24, 2.45) is 0 Å². The average Bonchev–Trinajstić information content (AvgIpc) is 3.18. The second-order valence-electron chi connectivity index (χ2n) is 6.24. The van der Waals surface area contributed by atoms with Gasteiger partial charge in [-0.25, -0.2) is 4.98 Å². The molecule has 1 aliphatic heterocycles. The molecular weight excluding hydrogens is 336 g/mol. The third kappa shape index (κ3) is 2.80. The Kier molecular flexibility index (Phi) is 3.80. The maximum absolute atomic E-state index is 12.7. The van der Waals surface area contributed by atoms with E-state index in [1.165, 1.54) is 11.3 Å². The number of aryl methyl sites for hydroxylation is 1. The Morgan fingerprint density at radius 1 is 1.36 bits per heavy atom. The van der Waals surface area contributed by atoms with Gasteiger partial charge >= 0.3 is 0 Å². The van der Waals surface area contributed by atoms with Crippen LogP contribution in [-0.2, 0) is 6.61 Å². The Hall–Kier alpha value is -2.67. The molecule has 25 heavy (non-hydrogen) atoms. The number of carbonyl (C=O) groups excluding carboxylic acids is 1. The summed E-state index contributed by atoms with van der Waals surface area (Å²) in [7, 11) is 0. The molecule has 0 atom stereocenters. The van der Waals surface area contributed by atoms with E-state index in [0.717, 1.165) is 27.6 Å². The van der Waals surface area contributed by atoms with Crippen molar-refractivity contribution in [3.05, 3.63) is 46.6 Å². The van der Waals surface area contributed by atoms with Crippen LogP contribution in [0.1, 0.15) is 40.9 Å². The first-order chi connectivity index (χ1) is 12.0. The Morgan fingerprint density at radius 2 is 2.16 bits per heavy atom. The van der Waals surface area contributed by atoms with Crippen molar-refractivity contribution < 1.29 is 9.53 Å². The molecule has 0 saturated carbocycles. The lowest BCUT2D eigenvalue weighted by atomic mass is 10.1. The number of nitrogens with zero attached hydrogens (tertiary/aromatic N) is 3. The Balaban J connectivity index is 1.63. The zero-order chi connectivity index (χ0) is 17.6. The molecule has 0 fully saturated rings. The molecule has 3 heterocycles. The molecule has 6 nitrogen and oxygen atoms in total. The van der Waals surface area contributed by atoms with Crippen LogP contribution in [0, 0.1) is 6.92 Å². The van der Waals surface area contributed by atoms with Crippen molar-refractivity contribution in [2.45, 2.75) is 33.4 Å². The summed E-state index contributed by atoms with van der Waals surface area (Å²) < 4.78 is 7.48. The minimum atomic E-state index is -0.199. The first-order valence-electron chi connectivity index (χ1n) is 8.12. The molecule has 128 valence electrons. The number of hydrogen-bond donors (Lipinski definition) is 1. The molecule has 0 radical (unpaired) electrons. The molecular formula is C18H18N4O2S. The van der Waals surface area contributed by atoms with Gasteiger partial charge in [0.25, 0.3) is 5.91 Å². The first-order valence-corrected chi connectivity index (χ1v) is 8.94. The van der Waals surface area contributed by atoms with Crippen LogP contribution in [0.2, 0.25) is 0 Å². The van der Waals surface area contributed by atoms with Gasteiger partial charge in [0.2, 0.25) is 0 Å². The van der Waals surface area contributed by atoms with E-state index in [2.05, 4.69) is 15.4 Å². The van der Waals surface area contributed by atoms with E-state index in [1.54, 1.807) is 10.7 Å². The molecule has 0 aliphatic carbocycles. The number of carbonyl (C=O) groups is 1. The highest BCUT2D eigenvalue weighted by molar-refractivity contribution is 7.16. The van der Waals surface area contributed by atoms with Crippen LogP contribution in [-0.4, -0.2) is 20.7 Å². The van der Waals surface area contributed by atoms with E-state index < -0.39 is 0 Å². The maximum Gasteiger partial charge on any atom is 0.275 e. The van der Waals surface area contributed by atoms with Gasteiger partial charge in [0.05, 0.1) is 16.3 Å². The highest BCUT2D eigenvalue weighted by Crippen LogP contribution is 2.40. The summed E-state index contributed by atoms with van der Waals surface area (Å²) in [6.07, 6.45) is 0. The molecule has 1 N–H and O–H groups in total. The highest BCUT2D eigenvalue weighted by atomic mass is 32.1. The minimum absolute atomic E-state index is 0.110. The first kappa shape index (κ1) is 15.8. The molecule has 0 bridgehead atoms. The molecule has 0 unspecified atom stereocenters. The van der Waals surface area contributed by atoms with Crippen LogP contribution in [0.5, 0.6) is 5.75 Å². The number of nitrogens with one attached hydrogen (secondary N) is 1. The van der Waals surface area contributed by atoms with Gasteiger partial charge in [0, 0.05) is 11.6 Å². The lowest BCUT2D eigenvalue weighted by molar-refractivity contribution is 0.101. The third-order valence-electron chi connectivity index (χ3n) is 4.00. The van der Waals surface area contributed by atoms with E-state index in [4.69, 9.17) is 4.74 Å². The van der Waals surface area contributed by atoms with Crippen LogP contribution in [0.25, 0.3) is 11.3 Å². The van der Waals surface area contributed by atoms with E-state index in [-0.39, 0.29) is 11.9 Å². The summed E-state index contributed by atoms with van der Waals surface area (Å²) in [6.45, 7) is 6.36. The molecule has 0 saturated heterocycles. The second-order valence-corrected chi connectivity index (χ2v) is 7.32. The number of rotatable bonds is 3. The van der Waals surface area contributed by atoms with Gasteiger partial charge in [0.1, 0.15) is 18.1 Å². The minimum Gasteiger partial charge on any atom is -0.487 e. The molecule has 7 heteroatoms. The van der Waals surface area contributed by atoms with Crippen molar-refractivity contribution in [3.8, 4) is 17.0 Å². The van der Waals surface area contributed by atoms with Crippen molar-refractivity contribution in [2.75, 3.05) is 5.32 Å². The van der Waals surface area contributed by atoms with Crippen LogP contribution in [0.15, 0.2) is 30.3 Å². The third-order valence-corrected chi connectivity index (χ3v) is 4.94. The van der Waals surface area contributed by atoms with Crippen LogP contribution in [0.4, 0.5) is 5.13 Å². The fourth-order valence-electron chi connectivity index (χ4n) is 2.89. The standard InChI is InChI=1S/C18H18N4O2S/c1-10(2)22-13(8-11(3)21-22)17(23)20-18-19-16-12-6-4-5-7-14(12)24-9-15(16)25-18/h4-8,10H,9H2,1-3H3,(H,19,20,23).